The van der Waals surface area contributed by atoms with Crippen LogP contribution in [0.25, 0.3) is 0 Å². The topological polar surface area (TPSA) is 32.3 Å². The number of halogens is 3. The molecule has 1 N–H and O–H groups in total. The summed E-state index contributed by atoms with van der Waals surface area (Å²) in [6, 6.07) is 12.6. The Morgan fingerprint density at radius 3 is 2.32 bits per heavy atom. The molecule has 1 heterocycles. The molecule has 2 amide bonds. The molecule has 28 heavy (non-hydrogen) atoms. The van der Waals surface area contributed by atoms with Crippen LogP contribution < -0.4 is 5.32 Å². The first kappa shape index (κ1) is 20.6. The van der Waals surface area contributed by atoms with Crippen molar-refractivity contribution in [1.29, 1.82) is 0 Å². The van der Waals surface area contributed by atoms with Gasteiger partial charge in [-0.05, 0) is 28.7 Å². The van der Waals surface area contributed by atoms with E-state index >= 15 is 0 Å². The Kier molecular flexibility index (Phi) is 5.66. The highest BCUT2D eigenvalue weighted by atomic mass is 32.2. The molecule has 3 nitrogen and oxygen atoms in total. The van der Waals surface area contributed by atoms with Crippen molar-refractivity contribution in [1.82, 2.24) is 4.90 Å². The third kappa shape index (κ3) is 4.46. The minimum Gasteiger partial charge on any atom is -0.308 e. The van der Waals surface area contributed by atoms with Crippen molar-refractivity contribution in [3.63, 3.8) is 0 Å². The molecule has 0 radical (unpaired) electrons. The molecule has 1 fully saturated rings. The maximum Gasteiger partial charge on any atom is 0.418 e. The highest BCUT2D eigenvalue weighted by Crippen LogP contribution is 2.40. The molecule has 2 aromatic rings. The van der Waals surface area contributed by atoms with Gasteiger partial charge in [-0.25, -0.2) is 4.79 Å². The van der Waals surface area contributed by atoms with Crippen molar-refractivity contribution in [2.24, 2.45) is 0 Å². The van der Waals surface area contributed by atoms with E-state index in [9.17, 15) is 18.0 Å². The van der Waals surface area contributed by atoms with Gasteiger partial charge in [-0.1, -0.05) is 57.2 Å². The standard InChI is InChI=1S/C21H23F3N2OS/c1-20(2,3)15-10-8-14(9-11-15)18-26(12-13-28-18)19(27)25-17-7-5-4-6-16(17)21(22,23)24/h4-11,18H,12-13H2,1-3H3,(H,25,27)/t18-/m1/s1. The van der Waals surface area contributed by atoms with Gasteiger partial charge in [-0.15, -0.1) is 11.8 Å². The summed E-state index contributed by atoms with van der Waals surface area (Å²) < 4.78 is 39.5. The zero-order valence-corrected chi connectivity index (χ0v) is 16.8. The predicted octanol–water partition coefficient (Wildman–Crippen LogP) is 6.28. The first-order chi connectivity index (χ1) is 13.1. The molecule has 2 aromatic carbocycles. The number of anilines is 1. The number of hydrogen-bond acceptors (Lipinski definition) is 2. The second-order valence-electron chi connectivity index (χ2n) is 7.76. The van der Waals surface area contributed by atoms with E-state index < -0.39 is 17.8 Å². The number of rotatable bonds is 2. The minimum atomic E-state index is -4.52. The zero-order valence-electron chi connectivity index (χ0n) is 16.0. The van der Waals surface area contributed by atoms with E-state index in [1.165, 1.54) is 23.8 Å². The summed E-state index contributed by atoms with van der Waals surface area (Å²) >= 11 is 1.61. The van der Waals surface area contributed by atoms with Crippen LogP contribution in [-0.4, -0.2) is 23.2 Å². The minimum absolute atomic E-state index is 0.0275. The van der Waals surface area contributed by atoms with Crippen LogP contribution in [-0.2, 0) is 11.6 Å². The molecule has 1 aliphatic rings. The Bertz CT molecular complexity index is 844. The Morgan fingerprint density at radius 2 is 1.71 bits per heavy atom. The molecular weight excluding hydrogens is 385 g/mol. The summed E-state index contributed by atoms with van der Waals surface area (Å²) in [7, 11) is 0. The highest BCUT2D eigenvalue weighted by molar-refractivity contribution is 7.99. The SMILES string of the molecule is CC(C)(C)c1ccc([C@H]2SCCN2C(=O)Nc2ccccc2C(F)(F)F)cc1. The van der Waals surface area contributed by atoms with Gasteiger partial charge in [0.05, 0.1) is 11.3 Å². The Labute approximate surface area is 167 Å². The van der Waals surface area contributed by atoms with Crippen molar-refractivity contribution in [3.05, 3.63) is 65.2 Å². The lowest BCUT2D eigenvalue weighted by Gasteiger charge is -2.26. The Balaban J connectivity index is 1.79. The number of nitrogens with one attached hydrogen (secondary N) is 1. The van der Waals surface area contributed by atoms with Gasteiger partial charge in [0.25, 0.3) is 0 Å². The average Bonchev–Trinajstić information content (AvgIpc) is 3.10. The highest BCUT2D eigenvalue weighted by Gasteiger charge is 2.35. The van der Waals surface area contributed by atoms with Gasteiger partial charge in [0.15, 0.2) is 0 Å². The molecule has 0 aliphatic carbocycles. The molecule has 1 atom stereocenters. The molecule has 1 saturated heterocycles. The largest absolute Gasteiger partial charge is 0.418 e. The van der Waals surface area contributed by atoms with Crippen LogP contribution in [0.15, 0.2) is 48.5 Å². The number of hydrogen-bond donors (Lipinski definition) is 1. The molecule has 1 aliphatic heterocycles. The normalized spacial score (nSPS) is 17.6. The van der Waals surface area contributed by atoms with E-state index in [0.717, 1.165) is 17.4 Å². The average molecular weight is 408 g/mol. The lowest BCUT2D eigenvalue weighted by molar-refractivity contribution is -0.136. The van der Waals surface area contributed by atoms with Crippen LogP contribution >= 0.6 is 11.8 Å². The summed E-state index contributed by atoms with van der Waals surface area (Å²) in [4.78, 5) is 14.3. The smallest absolute Gasteiger partial charge is 0.308 e. The summed E-state index contributed by atoms with van der Waals surface area (Å²) in [6.45, 7) is 6.87. The number of carbonyl (C=O) groups excluding carboxylic acids is 1. The van der Waals surface area contributed by atoms with Crippen LogP contribution in [0.2, 0.25) is 0 Å². The van der Waals surface area contributed by atoms with Crippen molar-refractivity contribution in [3.8, 4) is 0 Å². The number of thioether (sulfide) groups is 1. The van der Waals surface area contributed by atoms with Crippen LogP contribution in [0.5, 0.6) is 0 Å². The van der Waals surface area contributed by atoms with Gasteiger partial charge in [0, 0.05) is 12.3 Å². The number of benzene rings is 2. The second-order valence-corrected chi connectivity index (χ2v) is 8.95. The van der Waals surface area contributed by atoms with Crippen molar-refractivity contribution in [2.75, 3.05) is 17.6 Å². The first-order valence-corrected chi connectivity index (χ1v) is 10.1. The fourth-order valence-corrected chi connectivity index (χ4v) is 4.38. The van der Waals surface area contributed by atoms with E-state index in [4.69, 9.17) is 0 Å². The zero-order chi connectivity index (χ0) is 20.5. The van der Waals surface area contributed by atoms with E-state index in [1.54, 1.807) is 16.7 Å². The molecule has 3 rings (SSSR count). The van der Waals surface area contributed by atoms with Gasteiger partial charge in [-0.2, -0.15) is 13.2 Å². The number of alkyl halides is 3. The second kappa shape index (κ2) is 7.70. The molecule has 0 bridgehead atoms. The van der Waals surface area contributed by atoms with E-state index in [-0.39, 0.29) is 16.5 Å². The number of urea groups is 1. The van der Waals surface area contributed by atoms with Crippen molar-refractivity contribution >= 4 is 23.5 Å². The molecule has 150 valence electrons. The Hall–Kier alpha value is -2.15. The third-order valence-corrected chi connectivity index (χ3v) is 5.95. The lowest BCUT2D eigenvalue weighted by atomic mass is 9.87. The first-order valence-electron chi connectivity index (χ1n) is 9.03. The van der Waals surface area contributed by atoms with Crippen LogP contribution in [0, 0.1) is 0 Å². The van der Waals surface area contributed by atoms with Gasteiger partial charge >= 0.3 is 12.2 Å². The van der Waals surface area contributed by atoms with Crippen molar-refractivity contribution < 1.29 is 18.0 Å². The van der Waals surface area contributed by atoms with Gasteiger partial charge < -0.3 is 10.2 Å². The van der Waals surface area contributed by atoms with Crippen LogP contribution in [0.4, 0.5) is 23.7 Å². The summed E-state index contributed by atoms with van der Waals surface area (Å²) in [6.07, 6.45) is -4.52. The molecule has 0 spiro atoms. The fraction of sp³-hybridized carbons (Fsp3) is 0.381. The van der Waals surface area contributed by atoms with Crippen LogP contribution in [0.3, 0.4) is 0 Å². The fourth-order valence-electron chi connectivity index (χ4n) is 3.13. The van der Waals surface area contributed by atoms with E-state index in [0.29, 0.717) is 6.54 Å². The van der Waals surface area contributed by atoms with Crippen molar-refractivity contribution in [2.45, 2.75) is 37.7 Å². The molecule has 0 aromatic heterocycles. The molecular formula is C21H23F3N2OS. The van der Waals surface area contributed by atoms with Gasteiger partial charge in [0.2, 0.25) is 0 Å². The number of amides is 2. The van der Waals surface area contributed by atoms with Crippen LogP contribution in [0.1, 0.15) is 42.8 Å². The summed E-state index contributed by atoms with van der Waals surface area (Å²) in [5.41, 5.74) is 1.11. The monoisotopic (exact) mass is 408 g/mol. The Morgan fingerprint density at radius 1 is 1.07 bits per heavy atom. The summed E-state index contributed by atoms with van der Waals surface area (Å²) in [5.74, 6) is 0.736. The van der Waals surface area contributed by atoms with E-state index in [1.807, 2.05) is 24.3 Å². The molecule has 0 unspecified atom stereocenters. The summed E-state index contributed by atoms with van der Waals surface area (Å²) in [5, 5.41) is 2.23. The maximum absolute atomic E-state index is 13.2. The van der Waals surface area contributed by atoms with E-state index in [2.05, 4.69) is 26.1 Å². The quantitative estimate of drug-likeness (QED) is 0.634. The van der Waals surface area contributed by atoms with Gasteiger partial charge in [-0.3, -0.25) is 0 Å². The molecule has 0 saturated carbocycles. The number of para-hydroxylation sites is 1. The van der Waals surface area contributed by atoms with Gasteiger partial charge in [0.1, 0.15) is 5.37 Å². The maximum atomic E-state index is 13.2. The third-order valence-electron chi connectivity index (χ3n) is 4.69. The predicted molar refractivity (Wildman–Crippen MR) is 108 cm³/mol. The number of nitrogens with zero attached hydrogens (tertiary/aromatic N) is 1. The molecule has 7 heteroatoms. The lowest BCUT2D eigenvalue weighted by Crippen LogP contribution is -2.35. The number of carbonyl (C=O) groups is 1.